The first-order valence-electron chi connectivity index (χ1n) is 6.02. The second-order valence-electron chi connectivity index (χ2n) is 4.25. The van der Waals surface area contributed by atoms with Crippen LogP contribution in [-0.2, 0) is 0 Å². The average Bonchev–Trinajstić information content (AvgIpc) is 2.42. The van der Waals surface area contributed by atoms with Crippen molar-refractivity contribution in [3.05, 3.63) is 51.9 Å². The highest BCUT2D eigenvalue weighted by atomic mass is 127. The van der Waals surface area contributed by atoms with E-state index in [1.807, 2.05) is 18.5 Å². The molecule has 2 aromatic rings. The quantitative estimate of drug-likeness (QED) is 0.834. The lowest BCUT2D eigenvalue weighted by molar-refractivity contribution is 0.703. The monoisotopic (exact) mass is 353 g/mol. The van der Waals surface area contributed by atoms with Gasteiger partial charge in [0.05, 0.1) is 0 Å². The van der Waals surface area contributed by atoms with Gasteiger partial charge in [-0.2, -0.15) is 0 Å². The number of nitrogens with zero attached hydrogens (tertiary/aromatic N) is 2. The van der Waals surface area contributed by atoms with Gasteiger partial charge >= 0.3 is 0 Å². The van der Waals surface area contributed by atoms with Crippen LogP contribution in [0.4, 0.5) is 5.95 Å². The third kappa shape index (κ3) is 3.94. The van der Waals surface area contributed by atoms with E-state index in [0.717, 1.165) is 16.5 Å². The molecule has 3 nitrogen and oxygen atoms in total. The fraction of sp³-hybridized carbons (Fsp3) is 0.286. The number of halogens is 1. The molecule has 0 amide bonds. The Bertz CT molecular complexity index is 470. The molecule has 0 spiro atoms. The molecule has 18 heavy (non-hydrogen) atoms. The maximum absolute atomic E-state index is 4.22. The van der Waals surface area contributed by atoms with Gasteiger partial charge in [-0.15, -0.1) is 0 Å². The van der Waals surface area contributed by atoms with E-state index in [0.29, 0.717) is 11.9 Å². The van der Waals surface area contributed by atoms with Crippen molar-refractivity contribution in [2.45, 2.75) is 19.3 Å². The first-order valence-corrected chi connectivity index (χ1v) is 7.10. The van der Waals surface area contributed by atoms with Crippen molar-refractivity contribution in [3.63, 3.8) is 0 Å². The van der Waals surface area contributed by atoms with Gasteiger partial charge in [-0.25, -0.2) is 9.97 Å². The van der Waals surface area contributed by atoms with Crippen molar-refractivity contribution >= 4 is 28.5 Å². The molecule has 0 bridgehead atoms. The minimum absolute atomic E-state index is 0.544. The molecular formula is C14H16IN3. The van der Waals surface area contributed by atoms with E-state index in [9.17, 15) is 0 Å². The normalized spacial score (nSPS) is 12.1. The Morgan fingerprint density at radius 1 is 1.17 bits per heavy atom. The fourth-order valence-corrected chi connectivity index (χ4v) is 2.03. The number of nitrogens with one attached hydrogen (secondary N) is 1. The SMILES string of the molecule is CC(CCNc1ncc(I)cn1)c1ccccc1. The van der Waals surface area contributed by atoms with Crippen molar-refractivity contribution in [1.82, 2.24) is 9.97 Å². The minimum Gasteiger partial charge on any atom is -0.354 e. The molecule has 0 aliphatic heterocycles. The Hall–Kier alpha value is -1.17. The Labute approximate surface area is 121 Å². The van der Waals surface area contributed by atoms with E-state index in [-0.39, 0.29) is 0 Å². The summed E-state index contributed by atoms with van der Waals surface area (Å²) in [5.74, 6) is 1.25. The van der Waals surface area contributed by atoms with Gasteiger partial charge in [-0.05, 0) is 40.5 Å². The first-order chi connectivity index (χ1) is 8.75. The lowest BCUT2D eigenvalue weighted by Gasteiger charge is -2.12. The predicted octanol–water partition coefficient (Wildman–Crippen LogP) is 3.69. The average molecular weight is 353 g/mol. The number of aromatic nitrogens is 2. The van der Waals surface area contributed by atoms with Crippen LogP contribution in [-0.4, -0.2) is 16.5 Å². The molecule has 0 fully saturated rings. The summed E-state index contributed by atoms with van der Waals surface area (Å²) in [5.41, 5.74) is 1.38. The third-order valence-electron chi connectivity index (χ3n) is 2.85. The maximum atomic E-state index is 4.22. The molecule has 0 radical (unpaired) electrons. The van der Waals surface area contributed by atoms with Gasteiger partial charge < -0.3 is 5.32 Å². The Morgan fingerprint density at radius 3 is 2.50 bits per heavy atom. The molecule has 0 aliphatic rings. The zero-order valence-electron chi connectivity index (χ0n) is 10.3. The summed E-state index contributed by atoms with van der Waals surface area (Å²) in [4.78, 5) is 8.44. The molecule has 0 aliphatic carbocycles. The van der Waals surface area contributed by atoms with Gasteiger partial charge in [0, 0.05) is 22.5 Å². The van der Waals surface area contributed by atoms with Crippen molar-refractivity contribution in [1.29, 1.82) is 0 Å². The number of hydrogen-bond donors (Lipinski definition) is 1. The summed E-state index contributed by atoms with van der Waals surface area (Å²) in [7, 11) is 0. The van der Waals surface area contributed by atoms with Crippen molar-refractivity contribution in [2.75, 3.05) is 11.9 Å². The highest BCUT2D eigenvalue weighted by molar-refractivity contribution is 14.1. The highest BCUT2D eigenvalue weighted by Gasteiger charge is 2.04. The van der Waals surface area contributed by atoms with Crippen molar-refractivity contribution in [3.8, 4) is 0 Å². The molecule has 94 valence electrons. The largest absolute Gasteiger partial charge is 0.354 e. The van der Waals surface area contributed by atoms with Gasteiger partial charge in [0.25, 0.3) is 0 Å². The van der Waals surface area contributed by atoms with Gasteiger partial charge in [0.1, 0.15) is 0 Å². The van der Waals surface area contributed by atoms with Crippen LogP contribution in [0.2, 0.25) is 0 Å². The summed E-state index contributed by atoms with van der Waals surface area (Å²) in [6.07, 6.45) is 4.70. The lowest BCUT2D eigenvalue weighted by atomic mass is 9.98. The molecule has 1 atom stereocenters. The number of benzene rings is 1. The third-order valence-corrected chi connectivity index (χ3v) is 3.41. The van der Waals surface area contributed by atoms with Gasteiger partial charge in [-0.1, -0.05) is 37.3 Å². The van der Waals surface area contributed by atoms with Gasteiger partial charge in [-0.3, -0.25) is 0 Å². The Kier molecular flexibility index (Phi) is 4.92. The number of anilines is 1. The topological polar surface area (TPSA) is 37.8 Å². The maximum Gasteiger partial charge on any atom is 0.222 e. The summed E-state index contributed by atoms with van der Waals surface area (Å²) >= 11 is 2.20. The van der Waals surface area contributed by atoms with Crippen LogP contribution < -0.4 is 5.32 Å². The van der Waals surface area contributed by atoms with Crippen LogP contribution in [0.1, 0.15) is 24.8 Å². The molecule has 1 heterocycles. The van der Waals surface area contributed by atoms with Crippen LogP contribution in [0, 0.1) is 3.57 Å². The Morgan fingerprint density at radius 2 is 1.83 bits per heavy atom. The van der Waals surface area contributed by atoms with Crippen LogP contribution in [0.15, 0.2) is 42.7 Å². The van der Waals surface area contributed by atoms with Crippen molar-refractivity contribution < 1.29 is 0 Å². The second-order valence-corrected chi connectivity index (χ2v) is 5.50. The number of hydrogen-bond acceptors (Lipinski definition) is 3. The van der Waals surface area contributed by atoms with Gasteiger partial charge in [0.15, 0.2) is 0 Å². The van der Waals surface area contributed by atoms with Crippen LogP contribution in [0.5, 0.6) is 0 Å². The number of rotatable bonds is 5. The molecular weight excluding hydrogens is 337 g/mol. The zero-order valence-corrected chi connectivity index (χ0v) is 12.5. The predicted molar refractivity (Wildman–Crippen MR) is 82.7 cm³/mol. The summed E-state index contributed by atoms with van der Waals surface area (Å²) < 4.78 is 1.05. The molecule has 1 aromatic heterocycles. The van der Waals surface area contributed by atoms with Crippen LogP contribution >= 0.6 is 22.6 Å². The standard InChI is InChI=1S/C14H16IN3/c1-11(12-5-3-2-4-6-12)7-8-16-14-17-9-13(15)10-18-14/h2-6,9-11H,7-8H2,1H3,(H,16,17,18). The van der Waals surface area contributed by atoms with Crippen molar-refractivity contribution in [2.24, 2.45) is 0 Å². The van der Waals surface area contributed by atoms with E-state index in [2.05, 4.69) is 69.1 Å². The minimum atomic E-state index is 0.544. The molecule has 1 N–H and O–H groups in total. The van der Waals surface area contributed by atoms with E-state index in [4.69, 9.17) is 0 Å². The second kappa shape index (κ2) is 6.68. The highest BCUT2D eigenvalue weighted by Crippen LogP contribution is 2.18. The summed E-state index contributed by atoms with van der Waals surface area (Å²) in [6.45, 7) is 3.13. The van der Waals surface area contributed by atoms with E-state index in [1.165, 1.54) is 5.56 Å². The lowest BCUT2D eigenvalue weighted by Crippen LogP contribution is -2.08. The van der Waals surface area contributed by atoms with E-state index in [1.54, 1.807) is 0 Å². The summed E-state index contributed by atoms with van der Waals surface area (Å²) in [5, 5.41) is 3.25. The van der Waals surface area contributed by atoms with E-state index < -0.39 is 0 Å². The van der Waals surface area contributed by atoms with Gasteiger partial charge in [0.2, 0.25) is 5.95 Å². The smallest absolute Gasteiger partial charge is 0.222 e. The molecule has 1 unspecified atom stereocenters. The molecule has 0 saturated carbocycles. The van der Waals surface area contributed by atoms with Crippen LogP contribution in [0.3, 0.4) is 0 Å². The Balaban J connectivity index is 1.80. The molecule has 0 saturated heterocycles. The molecule has 4 heteroatoms. The fourth-order valence-electron chi connectivity index (χ4n) is 1.75. The molecule has 2 rings (SSSR count). The first kappa shape index (κ1) is 13.3. The van der Waals surface area contributed by atoms with E-state index >= 15 is 0 Å². The van der Waals surface area contributed by atoms with Crippen LogP contribution in [0.25, 0.3) is 0 Å². The molecule has 1 aromatic carbocycles. The summed E-state index contributed by atoms with van der Waals surface area (Å²) in [6, 6.07) is 10.6. The zero-order chi connectivity index (χ0) is 12.8.